The van der Waals surface area contributed by atoms with Gasteiger partial charge in [-0.1, -0.05) is 38.1 Å². The van der Waals surface area contributed by atoms with Gasteiger partial charge in [-0.2, -0.15) is 5.10 Å². The first-order valence-electron chi connectivity index (χ1n) is 8.34. The Balaban J connectivity index is 1.82. The Morgan fingerprint density at radius 3 is 2.68 bits per heavy atom. The van der Waals surface area contributed by atoms with Crippen LogP contribution in [-0.4, -0.2) is 23.8 Å². The highest BCUT2D eigenvalue weighted by Crippen LogP contribution is 2.21. The van der Waals surface area contributed by atoms with Gasteiger partial charge in [-0.05, 0) is 48.6 Å². The lowest BCUT2D eigenvalue weighted by molar-refractivity contribution is -0.123. The molecule has 132 valence electrons. The highest BCUT2D eigenvalue weighted by Gasteiger charge is 2.05. The van der Waals surface area contributed by atoms with E-state index in [4.69, 9.17) is 4.74 Å². The van der Waals surface area contributed by atoms with Gasteiger partial charge in [0.2, 0.25) is 0 Å². The SMILES string of the molecule is CC[C@@H](C)c1ccc(OCC(=O)N/N=C\c2cccc(C)c2O)cc1. The van der Waals surface area contributed by atoms with Crippen LogP contribution in [0.3, 0.4) is 0 Å². The number of aryl methyl sites for hydroxylation is 1. The number of ether oxygens (including phenoxy) is 1. The van der Waals surface area contributed by atoms with E-state index in [1.54, 1.807) is 19.1 Å². The number of rotatable bonds is 7. The largest absolute Gasteiger partial charge is 0.507 e. The standard InChI is InChI=1S/C20H24N2O3/c1-4-14(2)16-8-10-18(11-9-16)25-13-19(23)22-21-12-17-7-5-6-15(3)20(17)24/h5-12,14,24H,4,13H2,1-3H3,(H,22,23)/b21-12-/t14-/m1/s1. The molecule has 5 heteroatoms. The summed E-state index contributed by atoms with van der Waals surface area (Å²) in [7, 11) is 0. The van der Waals surface area contributed by atoms with E-state index in [1.165, 1.54) is 11.8 Å². The van der Waals surface area contributed by atoms with Gasteiger partial charge in [0.25, 0.3) is 5.91 Å². The first-order chi connectivity index (χ1) is 12.0. The van der Waals surface area contributed by atoms with Crippen molar-refractivity contribution in [3.05, 3.63) is 59.2 Å². The van der Waals surface area contributed by atoms with E-state index in [0.717, 1.165) is 12.0 Å². The third kappa shape index (κ3) is 5.35. The molecule has 0 aliphatic heterocycles. The third-order valence-electron chi connectivity index (χ3n) is 4.09. The van der Waals surface area contributed by atoms with Crippen molar-refractivity contribution in [2.45, 2.75) is 33.1 Å². The Bertz CT molecular complexity index is 739. The molecule has 0 aliphatic carbocycles. The zero-order valence-electron chi connectivity index (χ0n) is 14.8. The molecule has 0 spiro atoms. The monoisotopic (exact) mass is 340 g/mol. The minimum Gasteiger partial charge on any atom is -0.507 e. The van der Waals surface area contributed by atoms with Gasteiger partial charge < -0.3 is 9.84 Å². The smallest absolute Gasteiger partial charge is 0.277 e. The Morgan fingerprint density at radius 2 is 2.00 bits per heavy atom. The second-order valence-electron chi connectivity index (χ2n) is 5.97. The number of amides is 1. The van der Waals surface area contributed by atoms with Crippen LogP contribution in [0.5, 0.6) is 11.5 Å². The summed E-state index contributed by atoms with van der Waals surface area (Å²) in [6, 6.07) is 13.1. The van der Waals surface area contributed by atoms with Crippen molar-refractivity contribution < 1.29 is 14.6 Å². The van der Waals surface area contributed by atoms with Crippen LogP contribution < -0.4 is 10.2 Å². The van der Waals surface area contributed by atoms with Gasteiger partial charge in [-0.25, -0.2) is 5.43 Å². The number of benzene rings is 2. The molecule has 0 saturated carbocycles. The minimum absolute atomic E-state index is 0.125. The summed E-state index contributed by atoms with van der Waals surface area (Å²) < 4.78 is 5.45. The number of hydrazone groups is 1. The summed E-state index contributed by atoms with van der Waals surface area (Å²) in [5, 5.41) is 13.7. The first-order valence-corrected chi connectivity index (χ1v) is 8.34. The number of aromatic hydroxyl groups is 1. The molecule has 2 rings (SSSR count). The second-order valence-corrected chi connectivity index (χ2v) is 5.97. The molecule has 0 aliphatic rings. The minimum atomic E-state index is -0.366. The van der Waals surface area contributed by atoms with E-state index in [2.05, 4.69) is 24.4 Å². The van der Waals surface area contributed by atoms with Crippen LogP contribution in [0.4, 0.5) is 0 Å². The normalized spacial score (nSPS) is 12.1. The molecule has 1 amide bonds. The molecule has 0 aromatic heterocycles. The summed E-state index contributed by atoms with van der Waals surface area (Å²) in [6.07, 6.45) is 2.48. The number of phenols is 1. The number of hydrogen-bond acceptors (Lipinski definition) is 4. The molecule has 0 bridgehead atoms. The molecule has 1 atom stereocenters. The van der Waals surface area contributed by atoms with Crippen LogP contribution in [0, 0.1) is 6.92 Å². The maximum atomic E-state index is 11.8. The summed E-state index contributed by atoms with van der Waals surface area (Å²) in [5.74, 6) is 0.930. The maximum Gasteiger partial charge on any atom is 0.277 e. The number of carbonyl (C=O) groups is 1. The lowest BCUT2D eigenvalue weighted by atomic mass is 9.99. The van der Waals surface area contributed by atoms with Crippen LogP contribution in [0.25, 0.3) is 0 Å². The average Bonchev–Trinajstić information content (AvgIpc) is 2.63. The number of para-hydroxylation sites is 1. The molecule has 2 N–H and O–H groups in total. The van der Waals surface area contributed by atoms with E-state index < -0.39 is 0 Å². The van der Waals surface area contributed by atoms with Crippen molar-refractivity contribution in [3.8, 4) is 11.5 Å². The predicted molar refractivity (Wildman–Crippen MR) is 99.2 cm³/mol. The van der Waals surface area contributed by atoms with Gasteiger partial charge in [0.05, 0.1) is 6.21 Å². The molecule has 0 fully saturated rings. The Morgan fingerprint density at radius 1 is 1.28 bits per heavy atom. The van der Waals surface area contributed by atoms with Gasteiger partial charge in [0.1, 0.15) is 11.5 Å². The van der Waals surface area contributed by atoms with Crippen molar-refractivity contribution in [3.63, 3.8) is 0 Å². The fourth-order valence-corrected chi connectivity index (χ4v) is 2.27. The maximum absolute atomic E-state index is 11.8. The van der Waals surface area contributed by atoms with Gasteiger partial charge >= 0.3 is 0 Å². The highest BCUT2D eigenvalue weighted by atomic mass is 16.5. The van der Waals surface area contributed by atoms with Gasteiger partial charge in [-0.3, -0.25) is 4.79 Å². The summed E-state index contributed by atoms with van der Waals surface area (Å²) in [6.45, 7) is 6.00. The number of hydrogen-bond donors (Lipinski definition) is 2. The summed E-state index contributed by atoms with van der Waals surface area (Å²) in [5.41, 5.74) is 4.93. The quantitative estimate of drug-likeness (QED) is 0.596. The fraction of sp³-hybridized carbons (Fsp3) is 0.300. The van der Waals surface area contributed by atoms with E-state index in [-0.39, 0.29) is 18.3 Å². The second kappa shape index (κ2) is 8.87. The van der Waals surface area contributed by atoms with Crippen LogP contribution >= 0.6 is 0 Å². The Labute approximate surface area is 148 Å². The zero-order chi connectivity index (χ0) is 18.2. The summed E-state index contributed by atoms with van der Waals surface area (Å²) >= 11 is 0. The number of nitrogens with zero attached hydrogens (tertiary/aromatic N) is 1. The van der Waals surface area contributed by atoms with Gasteiger partial charge in [0.15, 0.2) is 6.61 Å². The van der Waals surface area contributed by atoms with Crippen molar-refractivity contribution in [2.24, 2.45) is 5.10 Å². The van der Waals surface area contributed by atoms with Crippen molar-refractivity contribution in [2.75, 3.05) is 6.61 Å². The van der Waals surface area contributed by atoms with E-state index in [9.17, 15) is 9.90 Å². The lowest BCUT2D eigenvalue weighted by Crippen LogP contribution is -2.24. The molecular weight excluding hydrogens is 316 g/mol. The molecule has 0 radical (unpaired) electrons. The molecule has 0 saturated heterocycles. The topological polar surface area (TPSA) is 70.9 Å². The number of phenolic OH excluding ortho intramolecular Hbond substituents is 1. The molecule has 0 unspecified atom stereocenters. The van der Waals surface area contributed by atoms with Crippen molar-refractivity contribution in [1.29, 1.82) is 0 Å². The highest BCUT2D eigenvalue weighted by molar-refractivity contribution is 5.85. The molecule has 0 heterocycles. The zero-order valence-corrected chi connectivity index (χ0v) is 14.8. The van der Waals surface area contributed by atoms with Gasteiger partial charge in [0, 0.05) is 5.56 Å². The third-order valence-corrected chi connectivity index (χ3v) is 4.09. The van der Waals surface area contributed by atoms with E-state index in [1.807, 2.05) is 30.3 Å². The molecule has 25 heavy (non-hydrogen) atoms. The van der Waals surface area contributed by atoms with Gasteiger partial charge in [-0.15, -0.1) is 0 Å². The Kier molecular flexibility index (Phi) is 6.57. The first kappa shape index (κ1) is 18.5. The van der Waals surface area contributed by atoms with E-state index in [0.29, 0.717) is 17.2 Å². The van der Waals surface area contributed by atoms with Crippen LogP contribution in [0.15, 0.2) is 47.6 Å². The fourth-order valence-electron chi connectivity index (χ4n) is 2.27. The van der Waals surface area contributed by atoms with Crippen LogP contribution in [0.1, 0.15) is 42.9 Å². The molecule has 2 aromatic rings. The van der Waals surface area contributed by atoms with Crippen LogP contribution in [-0.2, 0) is 4.79 Å². The van der Waals surface area contributed by atoms with E-state index >= 15 is 0 Å². The Hall–Kier alpha value is -2.82. The number of carbonyl (C=O) groups excluding carboxylic acids is 1. The summed E-state index contributed by atoms with van der Waals surface area (Å²) in [4.78, 5) is 11.8. The average molecular weight is 340 g/mol. The predicted octanol–water partition coefficient (Wildman–Crippen LogP) is 3.74. The lowest BCUT2D eigenvalue weighted by Gasteiger charge is -2.10. The number of nitrogens with one attached hydrogen (secondary N) is 1. The molecule has 2 aromatic carbocycles. The van der Waals surface area contributed by atoms with Crippen molar-refractivity contribution >= 4 is 12.1 Å². The molecular formula is C20H24N2O3. The molecule has 5 nitrogen and oxygen atoms in total. The van der Waals surface area contributed by atoms with Crippen molar-refractivity contribution in [1.82, 2.24) is 5.43 Å². The van der Waals surface area contributed by atoms with Crippen LogP contribution in [0.2, 0.25) is 0 Å².